The summed E-state index contributed by atoms with van der Waals surface area (Å²) in [6.45, 7) is 0. The van der Waals surface area contributed by atoms with Crippen LogP contribution < -0.4 is 11.2 Å². The average molecular weight is 157 g/mol. The van der Waals surface area contributed by atoms with E-state index in [0.717, 1.165) is 6.20 Å². The normalized spacial score (nSPS) is 12.0. The van der Waals surface area contributed by atoms with Crippen LogP contribution in [0.2, 0.25) is 0 Å². The summed E-state index contributed by atoms with van der Waals surface area (Å²) >= 11 is 0. The summed E-state index contributed by atoms with van der Waals surface area (Å²) in [6.07, 6.45) is 2.50. The van der Waals surface area contributed by atoms with E-state index in [1.54, 1.807) is 7.05 Å². The van der Waals surface area contributed by atoms with Crippen LogP contribution in [0.15, 0.2) is 16.8 Å². The summed E-state index contributed by atoms with van der Waals surface area (Å²) in [7, 11) is 2.89. The molecule has 3 N–H and O–H groups in total. The van der Waals surface area contributed by atoms with E-state index in [2.05, 4.69) is 15.3 Å². The standard InChI is InChI=1S/C6H11N3O2/c1-8-4-5(3-7)6(10)9-11-2/h3-4H,7H2,1-2H3,(H,9,10). The van der Waals surface area contributed by atoms with E-state index < -0.39 is 5.91 Å². The highest BCUT2D eigenvalue weighted by Gasteiger charge is 2.03. The average Bonchev–Trinajstić information content (AvgIpc) is 2.00. The van der Waals surface area contributed by atoms with Crippen LogP contribution in [0, 0.1) is 0 Å². The lowest BCUT2D eigenvalue weighted by atomic mass is 10.3. The number of carbonyl (C=O) groups excluding carboxylic acids is 1. The largest absolute Gasteiger partial charge is 0.404 e. The van der Waals surface area contributed by atoms with E-state index in [1.165, 1.54) is 13.3 Å². The van der Waals surface area contributed by atoms with Crippen molar-refractivity contribution in [1.29, 1.82) is 0 Å². The molecule has 0 unspecified atom stereocenters. The van der Waals surface area contributed by atoms with Gasteiger partial charge in [-0.3, -0.25) is 14.6 Å². The maximum absolute atomic E-state index is 10.9. The molecular weight excluding hydrogens is 146 g/mol. The Bertz CT molecular complexity index is 186. The van der Waals surface area contributed by atoms with Crippen LogP contribution >= 0.6 is 0 Å². The Morgan fingerprint density at radius 3 is 2.73 bits per heavy atom. The van der Waals surface area contributed by atoms with Gasteiger partial charge in [0.15, 0.2) is 0 Å². The van der Waals surface area contributed by atoms with Gasteiger partial charge >= 0.3 is 0 Å². The molecule has 0 aliphatic heterocycles. The lowest BCUT2D eigenvalue weighted by Gasteiger charge is -1.99. The number of nitrogens with zero attached hydrogens (tertiary/aromatic N) is 1. The SMILES string of the molecule is CN=CC(=CN)C(=O)NOC. The molecule has 0 fully saturated rings. The molecule has 5 heteroatoms. The van der Waals surface area contributed by atoms with Gasteiger partial charge in [0.25, 0.3) is 5.91 Å². The summed E-state index contributed by atoms with van der Waals surface area (Å²) < 4.78 is 0. The fourth-order valence-electron chi connectivity index (χ4n) is 0.468. The maximum atomic E-state index is 10.9. The highest BCUT2D eigenvalue weighted by molar-refractivity contribution is 6.11. The second-order valence-corrected chi connectivity index (χ2v) is 1.64. The van der Waals surface area contributed by atoms with Crippen LogP contribution in [0.1, 0.15) is 0 Å². The molecule has 0 aliphatic carbocycles. The quantitative estimate of drug-likeness (QED) is 0.320. The van der Waals surface area contributed by atoms with Gasteiger partial charge in [-0.05, 0) is 0 Å². The molecule has 0 radical (unpaired) electrons. The molecular formula is C6H11N3O2. The topological polar surface area (TPSA) is 76.7 Å². The van der Waals surface area contributed by atoms with Gasteiger partial charge in [0, 0.05) is 19.5 Å². The fraction of sp³-hybridized carbons (Fsp3) is 0.333. The molecule has 0 aromatic rings. The van der Waals surface area contributed by atoms with E-state index in [9.17, 15) is 4.79 Å². The van der Waals surface area contributed by atoms with Gasteiger partial charge < -0.3 is 5.73 Å². The first-order valence-corrected chi connectivity index (χ1v) is 2.93. The van der Waals surface area contributed by atoms with Crippen molar-refractivity contribution in [3.05, 3.63) is 11.8 Å². The first-order valence-electron chi connectivity index (χ1n) is 2.93. The summed E-state index contributed by atoms with van der Waals surface area (Å²) in [5, 5.41) is 0. The number of hydrogen-bond donors (Lipinski definition) is 2. The van der Waals surface area contributed by atoms with Crippen molar-refractivity contribution in [3.8, 4) is 0 Å². The third kappa shape index (κ3) is 3.36. The van der Waals surface area contributed by atoms with Gasteiger partial charge in [0.05, 0.1) is 12.7 Å². The van der Waals surface area contributed by atoms with Gasteiger partial charge in [-0.1, -0.05) is 0 Å². The monoisotopic (exact) mass is 157 g/mol. The summed E-state index contributed by atoms with van der Waals surface area (Å²) in [4.78, 5) is 18.9. The number of nitrogens with two attached hydrogens (primary N) is 1. The second kappa shape index (κ2) is 5.43. The van der Waals surface area contributed by atoms with Crippen molar-refractivity contribution in [3.63, 3.8) is 0 Å². The van der Waals surface area contributed by atoms with E-state index >= 15 is 0 Å². The van der Waals surface area contributed by atoms with Gasteiger partial charge in [-0.15, -0.1) is 0 Å². The highest BCUT2D eigenvalue weighted by atomic mass is 16.6. The Balaban J connectivity index is 4.16. The molecule has 0 heterocycles. The molecule has 0 saturated heterocycles. The highest BCUT2D eigenvalue weighted by Crippen LogP contribution is 1.86. The van der Waals surface area contributed by atoms with E-state index in [4.69, 9.17) is 5.73 Å². The van der Waals surface area contributed by atoms with Crippen molar-refractivity contribution in [2.24, 2.45) is 10.7 Å². The van der Waals surface area contributed by atoms with Gasteiger partial charge in [-0.2, -0.15) is 0 Å². The molecule has 0 atom stereocenters. The van der Waals surface area contributed by atoms with E-state index in [1.807, 2.05) is 0 Å². The number of amides is 1. The van der Waals surface area contributed by atoms with Crippen molar-refractivity contribution in [1.82, 2.24) is 5.48 Å². The molecule has 0 spiro atoms. The first kappa shape index (κ1) is 9.64. The third-order valence-electron chi connectivity index (χ3n) is 0.905. The zero-order valence-electron chi connectivity index (χ0n) is 6.50. The number of carbonyl (C=O) groups is 1. The molecule has 5 nitrogen and oxygen atoms in total. The molecule has 11 heavy (non-hydrogen) atoms. The maximum Gasteiger partial charge on any atom is 0.277 e. The molecule has 0 bridgehead atoms. The number of rotatable bonds is 3. The molecule has 1 amide bonds. The second-order valence-electron chi connectivity index (χ2n) is 1.64. The van der Waals surface area contributed by atoms with Gasteiger partial charge in [0.1, 0.15) is 0 Å². The molecule has 0 rings (SSSR count). The fourth-order valence-corrected chi connectivity index (χ4v) is 0.468. The lowest BCUT2D eigenvalue weighted by molar-refractivity contribution is -0.126. The molecule has 0 aliphatic rings. The van der Waals surface area contributed by atoms with Gasteiger partial charge in [-0.25, -0.2) is 5.48 Å². The Hall–Kier alpha value is -1.36. The Morgan fingerprint density at radius 2 is 2.36 bits per heavy atom. The van der Waals surface area contributed by atoms with Crippen LogP contribution in [-0.4, -0.2) is 26.3 Å². The zero-order chi connectivity index (χ0) is 8.69. The van der Waals surface area contributed by atoms with Crippen LogP contribution in [0.5, 0.6) is 0 Å². The van der Waals surface area contributed by atoms with Crippen LogP contribution in [0.3, 0.4) is 0 Å². The summed E-state index contributed by atoms with van der Waals surface area (Å²) in [5.41, 5.74) is 7.48. The lowest BCUT2D eigenvalue weighted by Crippen LogP contribution is -2.24. The minimum Gasteiger partial charge on any atom is -0.404 e. The minimum absolute atomic E-state index is 0.259. The van der Waals surface area contributed by atoms with Crippen LogP contribution in [-0.2, 0) is 9.63 Å². The molecule has 0 aromatic carbocycles. The number of hydroxylamine groups is 1. The summed E-state index contributed by atoms with van der Waals surface area (Å²) in [6, 6.07) is 0. The minimum atomic E-state index is -0.416. The molecule has 0 saturated carbocycles. The van der Waals surface area contributed by atoms with Gasteiger partial charge in [0.2, 0.25) is 0 Å². The van der Waals surface area contributed by atoms with Crippen LogP contribution in [0.25, 0.3) is 0 Å². The van der Waals surface area contributed by atoms with E-state index in [0.29, 0.717) is 0 Å². The predicted molar refractivity (Wildman–Crippen MR) is 41.8 cm³/mol. The van der Waals surface area contributed by atoms with Crippen molar-refractivity contribution >= 4 is 12.1 Å². The smallest absolute Gasteiger partial charge is 0.277 e. The Kier molecular flexibility index (Phi) is 4.76. The Labute approximate surface area is 64.9 Å². The van der Waals surface area contributed by atoms with Crippen molar-refractivity contribution in [2.75, 3.05) is 14.2 Å². The molecule has 0 aromatic heterocycles. The zero-order valence-corrected chi connectivity index (χ0v) is 6.50. The number of nitrogens with one attached hydrogen (secondary N) is 1. The number of hydrogen-bond acceptors (Lipinski definition) is 4. The first-order chi connectivity index (χ1) is 5.26. The Morgan fingerprint density at radius 1 is 1.73 bits per heavy atom. The van der Waals surface area contributed by atoms with Crippen molar-refractivity contribution in [2.45, 2.75) is 0 Å². The summed E-state index contributed by atoms with van der Waals surface area (Å²) in [5.74, 6) is -0.416. The predicted octanol–water partition coefficient (Wildman–Crippen LogP) is -0.793. The van der Waals surface area contributed by atoms with Crippen molar-refractivity contribution < 1.29 is 9.63 Å². The van der Waals surface area contributed by atoms with E-state index in [-0.39, 0.29) is 5.57 Å². The van der Waals surface area contributed by atoms with Crippen LogP contribution in [0.4, 0.5) is 0 Å². The number of aliphatic imine (C=N–C) groups is 1. The molecule has 62 valence electrons. The third-order valence-corrected chi connectivity index (χ3v) is 0.905.